The molecule has 3 rings (SSSR count). The predicted molar refractivity (Wildman–Crippen MR) is 58.3 cm³/mol. The number of anilines is 1. The molecule has 0 radical (unpaired) electrons. The zero-order chi connectivity index (χ0) is 10.3. The minimum atomic E-state index is 0.631. The molecule has 0 spiro atoms. The van der Waals surface area contributed by atoms with Crippen LogP contribution < -0.4 is 11.3 Å². The fourth-order valence-electron chi connectivity index (χ4n) is 1.72. The molecule has 3 heterocycles. The molecule has 0 aromatic carbocycles. The van der Waals surface area contributed by atoms with E-state index < -0.39 is 0 Å². The molecule has 0 atom stereocenters. The Bertz CT molecular complexity index is 628. The highest BCUT2D eigenvalue weighted by atomic mass is 15.3. The van der Waals surface area contributed by atoms with Crippen molar-refractivity contribution < 1.29 is 0 Å². The van der Waals surface area contributed by atoms with Gasteiger partial charge in [0.25, 0.3) is 0 Å². The van der Waals surface area contributed by atoms with Gasteiger partial charge >= 0.3 is 0 Å². The van der Waals surface area contributed by atoms with E-state index in [-0.39, 0.29) is 0 Å². The number of nitrogens with zero attached hydrogens (tertiary/aromatic N) is 3. The number of aromatic nitrogens is 3. The fraction of sp³-hybridized carbons (Fsp3) is 0. The van der Waals surface area contributed by atoms with Crippen LogP contribution in [0.3, 0.4) is 0 Å². The summed E-state index contributed by atoms with van der Waals surface area (Å²) >= 11 is 0. The largest absolute Gasteiger partial charge is 0.310 e. The number of pyridine rings is 1. The van der Waals surface area contributed by atoms with Gasteiger partial charge in [0, 0.05) is 12.4 Å². The van der Waals surface area contributed by atoms with Crippen LogP contribution in [0, 0.1) is 0 Å². The van der Waals surface area contributed by atoms with Gasteiger partial charge < -0.3 is 9.83 Å². The first-order valence-electron chi connectivity index (χ1n) is 4.58. The van der Waals surface area contributed by atoms with Crippen molar-refractivity contribution in [1.82, 2.24) is 14.4 Å². The number of rotatable bonds is 1. The standard InChI is InChI=1S/C10H9N5/c11-14-10-8-4-2-6-15(8)7-3-1-5-12-9(7)13-10/h1-6H,11H2,(H,12,13,14). The van der Waals surface area contributed by atoms with Gasteiger partial charge in [-0.3, -0.25) is 0 Å². The third-order valence-electron chi connectivity index (χ3n) is 2.37. The molecule has 15 heavy (non-hydrogen) atoms. The van der Waals surface area contributed by atoms with Crippen molar-refractivity contribution in [3.05, 3.63) is 36.7 Å². The normalized spacial score (nSPS) is 11.0. The SMILES string of the molecule is NNc1nc2ncccc2n2cccc12. The van der Waals surface area contributed by atoms with E-state index in [1.165, 1.54) is 0 Å². The Labute approximate surface area is 85.5 Å². The molecule has 5 heteroatoms. The Morgan fingerprint density at radius 3 is 2.93 bits per heavy atom. The zero-order valence-corrected chi connectivity index (χ0v) is 7.88. The molecule has 0 aliphatic heterocycles. The lowest BCUT2D eigenvalue weighted by atomic mass is 10.4. The molecule has 3 aromatic rings. The molecular weight excluding hydrogens is 190 g/mol. The maximum Gasteiger partial charge on any atom is 0.178 e. The summed E-state index contributed by atoms with van der Waals surface area (Å²) in [5.41, 5.74) is 5.16. The average Bonchev–Trinajstić information content (AvgIpc) is 2.77. The summed E-state index contributed by atoms with van der Waals surface area (Å²) in [6.07, 6.45) is 3.67. The maximum atomic E-state index is 5.41. The summed E-state index contributed by atoms with van der Waals surface area (Å²) in [5, 5.41) is 0. The highest BCUT2D eigenvalue weighted by Crippen LogP contribution is 2.19. The van der Waals surface area contributed by atoms with Gasteiger partial charge in [-0.15, -0.1) is 0 Å². The summed E-state index contributed by atoms with van der Waals surface area (Å²) < 4.78 is 2.00. The fourth-order valence-corrected chi connectivity index (χ4v) is 1.72. The molecule has 5 nitrogen and oxygen atoms in total. The van der Waals surface area contributed by atoms with E-state index in [0.717, 1.165) is 11.0 Å². The van der Waals surface area contributed by atoms with E-state index in [1.54, 1.807) is 6.20 Å². The maximum absolute atomic E-state index is 5.41. The summed E-state index contributed by atoms with van der Waals surface area (Å²) in [6, 6.07) is 7.76. The number of nitrogen functional groups attached to an aromatic ring is 1. The van der Waals surface area contributed by atoms with Crippen molar-refractivity contribution >= 4 is 22.5 Å². The third-order valence-corrected chi connectivity index (χ3v) is 2.37. The Kier molecular flexibility index (Phi) is 1.60. The van der Waals surface area contributed by atoms with Gasteiger partial charge in [-0.2, -0.15) is 0 Å². The van der Waals surface area contributed by atoms with Gasteiger partial charge in [0.05, 0.1) is 11.0 Å². The van der Waals surface area contributed by atoms with Crippen LogP contribution in [0.15, 0.2) is 36.7 Å². The third kappa shape index (κ3) is 1.07. The second-order valence-corrected chi connectivity index (χ2v) is 3.21. The van der Waals surface area contributed by atoms with Gasteiger partial charge in [0.2, 0.25) is 0 Å². The van der Waals surface area contributed by atoms with Crippen molar-refractivity contribution in [2.75, 3.05) is 5.43 Å². The van der Waals surface area contributed by atoms with E-state index in [1.807, 2.05) is 34.9 Å². The van der Waals surface area contributed by atoms with Gasteiger partial charge in [0.1, 0.15) is 0 Å². The number of nitrogens with two attached hydrogens (primary N) is 1. The lowest BCUT2D eigenvalue weighted by molar-refractivity contribution is 1.16. The van der Waals surface area contributed by atoms with E-state index in [4.69, 9.17) is 5.84 Å². The second kappa shape index (κ2) is 2.93. The van der Waals surface area contributed by atoms with E-state index in [0.29, 0.717) is 11.5 Å². The molecule has 0 aliphatic carbocycles. The molecule has 0 bridgehead atoms. The summed E-state index contributed by atoms with van der Waals surface area (Å²) in [5.74, 6) is 6.04. The minimum Gasteiger partial charge on any atom is -0.310 e. The van der Waals surface area contributed by atoms with E-state index >= 15 is 0 Å². The van der Waals surface area contributed by atoms with E-state index in [9.17, 15) is 0 Å². The molecule has 0 unspecified atom stereocenters. The van der Waals surface area contributed by atoms with Crippen molar-refractivity contribution in [3.8, 4) is 0 Å². The molecule has 0 amide bonds. The number of hydrogen-bond donors (Lipinski definition) is 2. The van der Waals surface area contributed by atoms with Crippen molar-refractivity contribution in [3.63, 3.8) is 0 Å². The quantitative estimate of drug-likeness (QED) is 0.456. The Morgan fingerprint density at radius 1 is 1.20 bits per heavy atom. The Balaban J connectivity index is 2.57. The number of fused-ring (bicyclic) bond motifs is 3. The number of nitrogens with one attached hydrogen (secondary N) is 1. The molecule has 3 N–H and O–H groups in total. The topological polar surface area (TPSA) is 68.2 Å². The monoisotopic (exact) mass is 199 g/mol. The Hall–Kier alpha value is -2.14. The summed E-state index contributed by atoms with van der Waals surface area (Å²) in [7, 11) is 0. The van der Waals surface area contributed by atoms with E-state index in [2.05, 4.69) is 15.4 Å². The van der Waals surface area contributed by atoms with Crippen LogP contribution >= 0.6 is 0 Å². The van der Waals surface area contributed by atoms with Gasteiger partial charge in [-0.05, 0) is 24.3 Å². The highest BCUT2D eigenvalue weighted by Gasteiger charge is 2.06. The lowest BCUT2D eigenvalue weighted by Crippen LogP contribution is -2.10. The zero-order valence-electron chi connectivity index (χ0n) is 7.88. The molecule has 0 fully saturated rings. The molecule has 0 aliphatic rings. The van der Waals surface area contributed by atoms with Crippen molar-refractivity contribution in [1.29, 1.82) is 0 Å². The second-order valence-electron chi connectivity index (χ2n) is 3.21. The predicted octanol–water partition coefficient (Wildman–Crippen LogP) is 1.17. The summed E-state index contributed by atoms with van der Waals surface area (Å²) in [6.45, 7) is 0. The van der Waals surface area contributed by atoms with Crippen molar-refractivity contribution in [2.24, 2.45) is 5.84 Å². The van der Waals surface area contributed by atoms with Gasteiger partial charge in [-0.25, -0.2) is 15.8 Å². The number of hydrogen-bond acceptors (Lipinski definition) is 4. The van der Waals surface area contributed by atoms with Crippen LogP contribution in [0.1, 0.15) is 0 Å². The highest BCUT2D eigenvalue weighted by molar-refractivity contribution is 5.81. The van der Waals surface area contributed by atoms with Gasteiger partial charge in [-0.1, -0.05) is 0 Å². The molecular formula is C10H9N5. The minimum absolute atomic E-state index is 0.631. The van der Waals surface area contributed by atoms with Crippen LogP contribution in [0.5, 0.6) is 0 Å². The van der Waals surface area contributed by atoms with Crippen LogP contribution in [-0.4, -0.2) is 14.4 Å². The molecule has 0 saturated heterocycles. The lowest BCUT2D eigenvalue weighted by Gasteiger charge is -2.06. The molecule has 0 saturated carbocycles. The van der Waals surface area contributed by atoms with Crippen LogP contribution in [-0.2, 0) is 0 Å². The molecule has 74 valence electrons. The van der Waals surface area contributed by atoms with Gasteiger partial charge in [0.15, 0.2) is 11.5 Å². The first kappa shape index (κ1) is 8.19. The first-order valence-corrected chi connectivity index (χ1v) is 4.58. The van der Waals surface area contributed by atoms with Crippen LogP contribution in [0.25, 0.3) is 16.7 Å². The van der Waals surface area contributed by atoms with Crippen molar-refractivity contribution in [2.45, 2.75) is 0 Å². The number of hydrazine groups is 1. The smallest absolute Gasteiger partial charge is 0.178 e. The summed E-state index contributed by atoms with van der Waals surface area (Å²) in [4.78, 5) is 8.52. The average molecular weight is 199 g/mol. The molecule has 3 aromatic heterocycles. The van der Waals surface area contributed by atoms with Crippen LogP contribution in [0.2, 0.25) is 0 Å². The first-order chi connectivity index (χ1) is 7.40. The Morgan fingerprint density at radius 2 is 2.07 bits per heavy atom. The van der Waals surface area contributed by atoms with Crippen LogP contribution in [0.4, 0.5) is 5.82 Å².